The van der Waals surface area contributed by atoms with E-state index in [2.05, 4.69) is 32.1 Å². The number of hydrogen-bond donors (Lipinski definition) is 3. The molecule has 204 valence electrons. The number of carbonyl (C=O) groups is 2. The number of carbonyl (C=O) groups excluding carboxylic acids is 2. The highest BCUT2D eigenvalue weighted by Crippen LogP contribution is 2.54. The van der Waals surface area contributed by atoms with Crippen molar-refractivity contribution >= 4 is 34.9 Å². The zero-order valence-corrected chi connectivity index (χ0v) is 24.1. The Bertz CT molecular complexity index is 1320. The Balaban J connectivity index is 1.59. The Labute approximate surface area is 236 Å². The molecule has 1 saturated carbocycles. The summed E-state index contributed by atoms with van der Waals surface area (Å²) in [4.78, 5) is 42.6. The smallest absolute Gasteiger partial charge is 0.334 e. The monoisotopic (exact) mass is 635 g/mol. The van der Waals surface area contributed by atoms with Gasteiger partial charge in [0.2, 0.25) is 0 Å². The van der Waals surface area contributed by atoms with Crippen molar-refractivity contribution in [3.05, 3.63) is 62.6 Å². The highest BCUT2D eigenvalue weighted by Gasteiger charge is 2.61. The minimum absolute atomic E-state index is 0.0861. The van der Waals surface area contributed by atoms with Gasteiger partial charge < -0.3 is 23.2 Å². The number of rotatable bonds is 7. The Hall–Kier alpha value is -2.44. The van der Waals surface area contributed by atoms with Crippen LogP contribution in [0.3, 0.4) is 0 Å². The second kappa shape index (κ2) is 10.3. The van der Waals surface area contributed by atoms with Crippen molar-refractivity contribution in [1.82, 2.24) is 15.2 Å². The molecule has 3 atom stereocenters. The van der Waals surface area contributed by atoms with E-state index in [0.717, 1.165) is 47.6 Å². The first kappa shape index (κ1) is 27.1. The minimum atomic E-state index is -1.15. The summed E-state index contributed by atoms with van der Waals surface area (Å²) in [6.07, 6.45) is 3.92. The summed E-state index contributed by atoms with van der Waals surface area (Å²) in [5.41, 5.74) is 1.16. The predicted molar refractivity (Wildman–Crippen MR) is 150 cm³/mol. The molecule has 10 heteroatoms. The molecule has 2 fully saturated rings. The summed E-state index contributed by atoms with van der Waals surface area (Å²) in [5, 5.41) is 15.2. The summed E-state index contributed by atoms with van der Waals surface area (Å²) in [6.45, 7) is 5.64. The molecule has 9 nitrogen and oxygen atoms in total. The van der Waals surface area contributed by atoms with Crippen LogP contribution in [0.2, 0.25) is 0 Å². The van der Waals surface area contributed by atoms with E-state index in [4.69, 9.17) is 4.74 Å². The molecule has 1 aromatic carbocycles. The Morgan fingerprint density at radius 3 is 2.71 bits per heavy atom. The van der Waals surface area contributed by atoms with Crippen LogP contribution in [0.15, 0.2) is 29.1 Å². The lowest BCUT2D eigenvalue weighted by Gasteiger charge is -2.60. The van der Waals surface area contributed by atoms with Crippen LogP contribution >= 0.6 is 23.0 Å². The first-order valence-electron chi connectivity index (χ1n) is 13.1. The fraction of sp³-hybridized carbons (Fsp3) is 0.536. The number of methoxy groups -OCH3 is 1. The minimum Gasteiger partial charge on any atom is -0.497 e. The van der Waals surface area contributed by atoms with E-state index in [-0.39, 0.29) is 24.6 Å². The van der Waals surface area contributed by atoms with Crippen LogP contribution in [-0.2, 0) is 26.1 Å². The molecule has 1 amide bonds. The summed E-state index contributed by atoms with van der Waals surface area (Å²) < 4.78 is 10.1. The van der Waals surface area contributed by atoms with Gasteiger partial charge in [0.1, 0.15) is 17.9 Å². The molecular weight excluding hydrogens is 601 g/mol. The molecule has 1 aliphatic heterocycles. The highest BCUT2D eigenvalue weighted by molar-refractivity contribution is 14.1. The molecule has 3 N–H and O–H groups in total. The summed E-state index contributed by atoms with van der Waals surface area (Å²) >= 11 is 1.45. The second-order valence-corrected chi connectivity index (χ2v) is 11.5. The number of H-pyrrole nitrogens is 1. The maximum absolute atomic E-state index is 13.0. The number of pyridine rings is 1. The number of nitrogens with zero attached hydrogens (tertiary/aromatic N) is 1. The van der Waals surface area contributed by atoms with Crippen molar-refractivity contribution in [3.8, 4) is 5.75 Å². The van der Waals surface area contributed by atoms with Crippen LogP contribution in [0, 0.1) is 12.8 Å². The molecule has 1 aromatic heterocycles. The SMILES string of the molecule is COc1ccc(C)c([C@]23CCN(CC4CC4)[C@H](C)[C@]2(O)Cc2cc(C(=O)NCC(=O)OI)c(=O)[nH]c2C3)c1. The molecule has 2 aromatic rings. The van der Waals surface area contributed by atoms with Gasteiger partial charge in [0, 0.05) is 36.5 Å². The number of aliphatic hydroxyl groups is 1. The predicted octanol–water partition coefficient (Wildman–Crippen LogP) is 2.59. The number of likely N-dealkylation sites (tertiary alicyclic amines) is 1. The van der Waals surface area contributed by atoms with E-state index < -0.39 is 28.5 Å². The molecule has 5 rings (SSSR count). The molecule has 1 saturated heterocycles. The lowest BCUT2D eigenvalue weighted by molar-refractivity contribution is -0.139. The van der Waals surface area contributed by atoms with Crippen molar-refractivity contribution < 1.29 is 22.5 Å². The largest absolute Gasteiger partial charge is 0.497 e. The number of aryl methyl sites for hydroxylation is 1. The normalized spacial score (nSPS) is 26.7. The molecule has 0 unspecified atom stereocenters. The van der Waals surface area contributed by atoms with Gasteiger partial charge in [0.25, 0.3) is 11.5 Å². The van der Waals surface area contributed by atoms with Crippen molar-refractivity contribution in [2.75, 3.05) is 26.7 Å². The maximum Gasteiger partial charge on any atom is 0.334 e. The molecule has 0 bridgehead atoms. The average Bonchev–Trinajstić information content (AvgIpc) is 3.73. The van der Waals surface area contributed by atoms with Crippen molar-refractivity contribution in [1.29, 1.82) is 0 Å². The van der Waals surface area contributed by atoms with Gasteiger partial charge in [-0.25, -0.2) is 4.79 Å². The van der Waals surface area contributed by atoms with Gasteiger partial charge in [0.15, 0.2) is 23.0 Å². The number of aromatic nitrogens is 1. The quantitative estimate of drug-likeness (QED) is 0.400. The van der Waals surface area contributed by atoms with Gasteiger partial charge in [-0.15, -0.1) is 0 Å². The van der Waals surface area contributed by atoms with Gasteiger partial charge in [-0.05, 0) is 80.5 Å². The van der Waals surface area contributed by atoms with E-state index in [1.165, 1.54) is 35.8 Å². The first-order chi connectivity index (χ1) is 18.1. The van der Waals surface area contributed by atoms with Crippen molar-refractivity contribution in [2.45, 2.75) is 63.0 Å². The Kier molecular flexibility index (Phi) is 7.34. The van der Waals surface area contributed by atoms with Crippen LogP contribution < -0.4 is 15.6 Å². The van der Waals surface area contributed by atoms with Gasteiger partial charge in [0.05, 0.1) is 12.7 Å². The Morgan fingerprint density at radius 2 is 2.03 bits per heavy atom. The molecule has 0 radical (unpaired) electrons. The summed E-state index contributed by atoms with van der Waals surface area (Å²) in [7, 11) is 1.64. The first-order valence-corrected chi connectivity index (χ1v) is 14.0. The van der Waals surface area contributed by atoms with Crippen LogP contribution in [-0.4, -0.2) is 65.3 Å². The molecule has 0 spiro atoms. The number of benzene rings is 1. The number of piperidine rings is 1. The van der Waals surface area contributed by atoms with E-state index >= 15 is 0 Å². The molecule has 3 aliphatic rings. The molecule has 2 aliphatic carbocycles. The molecule has 2 heterocycles. The Morgan fingerprint density at radius 1 is 1.26 bits per heavy atom. The number of hydrogen-bond acceptors (Lipinski definition) is 7. The highest BCUT2D eigenvalue weighted by atomic mass is 127. The zero-order valence-electron chi connectivity index (χ0n) is 21.9. The lowest BCUT2D eigenvalue weighted by Crippen LogP contribution is -2.71. The maximum atomic E-state index is 13.0. The summed E-state index contributed by atoms with van der Waals surface area (Å²) in [6, 6.07) is 7.42. The fourth-order valence-electron chi connectivity index (χ4n) is 6.56. The van der Waals surface area contributed by atoms with Crippen LogP contribution in [0.4, 0.5) is 0 Å². The van der Waals surface area contributed by atoms with Crippen LogP contribution in [0.5, 0.6) is 5.75 Å². The third kappa shape index (κ3) is 4.64. The fourth-order valence-corrected chi connectivity index (χ4v) is 6.71. The standard InChI is InChI=1S/C28H34IN3O6/c1-16-4-7-20(37-3)11-22(16)27-8-9-32(15-18-5-6-18)17(2)28(27,36)12-19-10-21(26(35)31-23(19)13-27)25(34)30-14-24(33)38-29/h4,7,10-11,17-18,36H,5-6,8-9,12-15H2,1-3H3,(H,30,34)(H,31,35)/t17-,27-,28-/m1/s1. The molecule has 38 heavy (non-hydrogen) atoms. The molecular formula is C28H34IN3O6. The van der Waals surface area contributed by atoms with E-state index in [0.29, 0.717) is 12.3 Å². The third-order valence-electron chi connectivity index (χ3n) is 8.92. The van der Waals surface area contributed by atoms with E-state index in [9.17, 15) is 19.5 Å². The van der Waals surface area contributed by atoms with Crippen LogP contribution in [0.1, 0.15) is 58.9 Å². The number of halogens is 1. The number of ether oxygens (including phenoxy) is 1. The van der Waals surface area contributed by atoms with Gasteiger partial charge >= 0.3 is 5.97 Å². The van der Waals surface area contributed by atoms with Gasteiger partial charge in [-0.3, -0.25) is 14.5 Å². The van der Waals surface area contributed by atoms with Crippen LogP contribution in [0.25, 0.3) is 0 Å². The number of aromatic amines is 1. The third-order valence-corrected chi connectivity index (χ3v) is 9.41. The van der Waals surface area contributed by atoms with Gasteiger partial charge in [-0.2, -0.15) is 0 Å². The second-order valence-electron chi connectivity index (χ2n) is 11.1. The lowest BCUT2D eigenvalue weighted by atomic mass is 9.53. The van der Waals surface area contributed by atoms with Crippen molar-refractivity contribution in [2.24, 2.45) is 5.92 Å². The van der Waals surface area contributed by atoms with Gasteiger partial charge in [-0.1, -0.05) is 6.07 Å². The van der Waals surface area contributed by atoms with Crippen molar-refractivity contribution in [3.63, 3.8) is 0 Å². The number of nitrogens with one attached hydrogen (secondary N) is 2. The topological polar surface area (TPSA) is 121 Å². The number of fused-ring (bicyclic) bond motifs is 2. The number of amides is 1. The average molecular weight is 635 g/mol. The zero-order chi connectivity index (χ0) is 27.2. The summed E-state index contributed by atoms with van der Waals surface area (Å²) in [5.74, 6) is 0.138. The van der Waals surface area contributed by atoms with E-state index in [1.807, 2.05) is 18.2 Å². The van der Waals surface area contributed by atoms with E-state index in [1.54, 1.807) is 13.2 Å².